The molecule has 4 heteroatoms. The molecule has 0 radical (unpaired) electrons. The number of hydrogen-bond donors (Lipinski definition) is 0. The fraction of sp³-hybridized carbons (Fsp3) is 0.167. The standard InChI is InChI=1S/C18H13ClO3/c19-13-4-6-14(7-5-13)22-18(20)16-10-21-17-8-3-12(9-15(16)17)11-1-2-11/h3-11H,1-2H2. The van der Waals surface area contributed by atoms with Gasteiger partial charge in [0.05, 0.1) is 0 Å². The van der Waals surface area contributed by atoms with E-state index in [0.29, 0.717) is 27.8 Å². The van der Waals surface area contributed by atoms with Crippen molar-refractivity contribution in [2.45, 2.75) is 18.8 Å². The van der Waals surface area contributed by atoms with Crippen LogP contribution in [0.3, 0.4) is 0 Å². The van der Waals surface area contributed by atoms with Crippen molar-refractivity contribution in [1.29, 1.82) is 0 Å². The van der Waals surface area contributed by atoms with Crippen LogP contribution >= 0.6 is 11.6 Å². The van der Waals surface area contributed by atoms with E-state index >= 15 is 0 Å². The molecule has 0 amide bonds. The molecule has 0 saturated heterocycles. The molecular weight excluding hydrogens is 300 g/mol. The van der Waals surface area contributed by atoms with Gasteiger partial charge < -0.3 is 9.15 Å². The van der Waals surface area contributed by atoms with Crippen molar-refractivity contribution in [3.8, 4) is 5.75 Å². The number of ether oxygens (including phenoxy) is 1. The van der Waals surface area contributed by atoms with E-state index in [0.717, 1.165) is 5.39 Å². The smallest absolute Gasteiger partial charge is 0.347 e. The number of fused-ring (bicyclic) bond motifs is 1. The molecule has 4 rings (SSSR count). The van der Waals surface area contributed by atoms with E-state index in [1.165, 1.54) is 24.7 Å². The molecule has 0 unspecified atom stereocenters. The summed E-state index contributed by atoms with van der Waals surface area (Å²) >= 11 is 5.82. The van der Waals surface area contributed by atoms with Crippen molar-refractivity contribution < 1.29 is 13.9 Å². The van der Waals surface area contributed by atoms with E-state index < -0.39 is 5.97 Å². The first-order valence-corrected chi connectivity index (χ1v) is 7.57. The Balaban J connectivity index is 1.65. The molecule has 22 heavy (non-hydrogen) atoms. The summed E-state index contributed by atoms with van der Waals surface area (Å²) in [6.45, 7) is 0. The third-order valence-electron chi connectivity index (χ3n) is 3.89. The maximum Gasteiger partial charge on any atom is 0.347 e. The zero-order valence-electron chi connectivity index (χ0n) is 11.7. The highest BCUT2D eigenvalue weighted by Gasteiger charge is 2.25. The molecule has 0 aliphatic heterocycles. The Bertz CT molecular complexity index is 844. The van der Waals surface area contributed by atoms with Crippen LogP contribution in [0.25, 0.3) is 11.0 Å². The molecule has 2 aromatic carbocycles. The first-order valence-electron chi connectivity index (χ1n) is 7.19. The second-order valence-corrected chi connectivity index (χ2v) is 5.96. The summed E-state index contributed by atoms with van der Waals surface area (Å²) in [5.41, 5.74) is 2.41. The second kappa shape index (κ2) is 5.18. The van der Waals surface area contributed by atoms with Crippen LogP contribution in [0.5, 0.6) is 5.75 Å². The number of carbonyl (C=O) groups is 1. The van der Waals surface area contributed by atoms with E-state index in [-0.39, 0.29) is 0 Å². The van der Waals surface area contributed by atoms with E-state index in [1.807, 2.05) is 12.1 Å². The molecule has 1 saturated carbocycles. The quantitative estimate of drug-likeness (QED) is 0.494. The van der Waals surface area contributed by atoms with E-state index in [2.05, 4.69) is 6.07 Å². The molecule has 0 bridgehead atoms. The molecule has 0 atom stereocenters. The van der Waals surface area contributed by atoms with E-state index in [9.17, 15) is 4.79 Å². The van der Waals surface area contributed by atoms with Crippen LogP contribution in [0.15, 0.2) is 53.1 Å². The monoisotopic (exact) mass is 312 g/mol. The first-order chi connectivity index (χ1) is 10.7. The number of esters is 1. The van der Waals surface area contributed by atoms with Gasteiger partial charge in [-0.1, -0.05) is 17.7 Å². The average molecular weight is 313 g/mol. The number of rotatable bonds is 3. The highest BCUT2D eigenvalue weighted by molar-refractivity contribution is 6.30. The number of furan rings is 1. The Morgan fingerprint density at radius 1 is 1.14 bits per heavy atom. The van der Waals surface area contributed by atoms with Crippen molar-refractivity contribution >= 4 is 28.5 Å². The van der Waals surface area contributed by atoms with Crippen molar-refractivity contribution in [3.63, 3.8) is 0 Å². The molecule has 3 nitrogen and oxygen atoms in total. The fourth-order valence-electron chi connectivity index (χ4n) is 2.54. The van der Waals surface area contributed by atoms with Crippen LogP contribution in [0, 0.1) is 0 Å². The minimum Gasteiger partial charge on any atom is -0.463 e. The number of carbonyl (C=O) groups excluding carboxylic acids is 1. The maximum atomic E-state index is 12.4. The molecule has 1 aliphatic carbocycles. The van der Waals surface area contributed by atoms with E-state index in [1.54, 1.807) is 24.3 Å². The normalized spacial score (nSPS) is 14.2. The van der Waals surface area contributed by atoms with Gasteiger partial charge in [0.2, 0.25) is 0 Å². The lowest BCUT2D eigenvalue weighted by Gasteiger charge is -2.03. The Hall–Kier alpha value is -2.26. The van der Waals surface area contributed by atoms with Crippen molar-refractivity contribution in [1.82, 2.24) is 0 Å². The summed E-state index contributed by atoms with van der Waals surface area (Å²) in [4.78, 5) is 12.4. The predicted molar refractivity (Wildman–Crippen MR) is 84.6 cm³/mol. The first kappa shape index (κ1) is 13.4. The third-order valence-corrected chi connectivity index (χ3v) is 4.14. The van der Waals surface area contributed by atoms with Crippen molar-refractivity contribution in [2.24, 2.45) is 0 Å². The predicted octanol–water partition coefficient (Wildman–Crippen LogP) is 5.18. The molecule has 1 aliphatic rings. The molecule has 3 aromatic rings. The molecule has 110 valence electrons. The highest BCUT2D eigenvalue weighted by Crippen LogP contribution is 2.41. The summed E-state index contributed by atoms with van der Waals surface area (Å²) < 4.78 is 10.8. The zero-order valence-corrected chi connectivity index (χ0v) is 12.5. The Morgan fingerprint density at radius 3 is 2.64 bits per heavy atom. The zero-order chi connectivity index (χ0) is 15.1. The SMILES string of the molecule is O=C(Oc1ccc(Cl)cc1)c1coc2ccc(C3CC3)cc12. The van der Waals surface area contributed by atoms with Crippen LogP contribution in [0.4, 0.5) is 0 Å². The molecule has 1 fully saturated rings. The number of benzene rings is 2. The Labute approximate surface area is 132 Å². The molecular formula is C18H13ClO3. The van der Waals surface area contributed by atoms with Gasteiger partial charge in [-0.05, 0) is 60.7 Å². The number of halogens is 1. The topological polar surface area (TPSA) is 39.4 Å². The van der Waals surface area contributed by atoms with Crippen LogP contribution in [0.1, 0.15) is 34.7 Å². The molecule has 1 heterocycles. The lowest BCUT2D eigenvalue weighted by molar-refractivity contribution is 0.0736. The largest absolute Gasteiger partial charge is 0.463 e. The van der Waals surface area contributed by atoms with Crippen LogP contribution < -0.4 is 4.74 Å². The van der Waals surface area contributed by atoms with Gasteiger partial charge in [0.1, 0.15) is 23.2 Å². The van der Waals surface area contributed by atoms with Crippen LogP contribution in [-0.4, -0.2) is 5.97 Å². The summed E-state index contributed by atoms with van der Waals surface area (Å²) in [5.74, 6) is 0.663. The van der Waals surface area contributed by atoms with E-state index in [4.69, 9.17) is 20.8 Å². The lowest BCUT2D eigenvalue weighted by Crippen LogP contribution is -2.07. The average Bonchev–Trinajstić information content (AvgIpc) is 3.28. The summed E-state index contributed by atoms with van der Waals surface area (Å²) in [6, 6.07) is 12.7. The lowest BCUT2D eigenvalue weighted by atomic mass is 10.1. The van der Waals surface area contributed by atoms with Crippen molar-refractivity contribution in [2.75, 3.05) is 0 Å². The third kappa shape index (κ3) is 2.48. The van der Waals surface area contributed by atoms with Gasteiger partial charge in [0.25, 0.3) is 0 Å². The summed E-state index contributed by atoms with van der Waals surface area (Å²) in [7, 11) is 0. The van der Waals surface area contributed by atoms with Gasteiger partial charge in [-0.25, -0.2) is 4.79 Å². The van der Waals surface area contributed by atoms with Gasteiger partial charge in [0, 0.05) is 10.4 Å². The fourth-order valence-corrected chi connectivity index (χ4v) is 2.67. The van der Waals surface area contributed by atoms with Crippen LogP contribution in [-0.2, 0) is 0 Å². The van der Waals surface area contributed by atoms with Gasteiger partial charge in [-0.15, -0.1) is 0 Å². The van der Waals surface area contributed by atoms with Gasteiger partial charge >= 0.3 is 5.97 Å². The number of hydrogen-bond acceptors (Lipinski definition) is 3. The summed E-state index contributed by atoms with van der Waals surface area (Å²) in [6.07, 6.45) is 3.89. The molecule has 0 spiro atoms. The second-order valence-electron chi connectivity index (χ2n) is 5.52. The minimum atomic E-state index is -0.422. The Kier molecular flexibility index (Phi) is 3.16. The Morgan fingerprint density at radius 2 is 1.91 bits per heavy atom. The van der Waals surface area contributed by atoms with Crippen LogP contribution in [0.2, 0.25) is 5.02 Å². The molecule has 1 aromatic heterocycles. The molecule has 0 N–H and O–H groups in total. The minimum absolute atomic E-state index is 0.422. The van der Waals surface area contributed by atoms with Gasteiger partial charge in [-0.2, -0.15) is 0 Å². The maximum absolute atomic E-state index is 12.4. The van der Waals surface area contributed by atoms with Gasteiger partial charge in [-0.3, -0.25) is 0 Å². The van der Waals surface area contributed by atoms with Crippen molar-refractivity contribution in [3.05, 3.63) is 64.9 Å². The summed E-state index contributed by atoms with van der Waals surface area (Å²) in [5, 5.41) is 1.41. The highest BCUT2D eigenvalue weighted by atomic mass is 35.5. The van der Waals surface area contributed by atoms with Gasteiger partial charge in [0.15, 0.2) is 0 Å².